The molecule has 2 atom stereocenters. The molecule has 1 saturated heterocycles. The Morgan fingerprint density at radius 1 is 1.37 bits per heavy atom. The topological polar surface area (TPSA) is 37.3 Å². The van der Waals surface area contributed by atoms with E-state index in [1.165, 1.54) is 0 Å². The van der Waals surface area contributed by atoms with Crippen molar-refractivity contribution in [3.05, 3.63) is 34.7 Å². The predicted molar refractivity (Wildman–Crippen MR) is 78.4 cm³/mol. The molecule has 0 radical (unpaired) electrons. The largest absolute Gasteiger partial charge is 0.314 e. The summed E-state index contributed by atoms with van der Waals surface area (Å²) >= 11 is 0. The summed E-state index contributed by atoms with van der Waals surface area (Å²) in [6, 6.07) is 6.43. The molecule has 2 rings (SSSR count). The first-order chi connectivity index (χ1) is 9.08. The molecular weight excluding hydrogens is 238 g/mol. The fraction of sp³-hybridized carbons (Fsp3) is 0.667. The quantitative estimate of drug-likeness (QED) is 0.886. The van der Waals surface area contributed by atoms with Crippen molar-refractivity contribution in [2.45, 2.75) is 39.4 Å². The van der Waals surface area contributed by atoms with Crippen LogP contribution in [0.2, 0.25) is 0 Å². The van der Waals surface area contributed by atoms with Crippen LogP contribution in [0, 0.1) is 5.92 Å². The molecule has 106 valence electrons. The van der Waals surface area contributed by atoms with Crippen LogP contribution in [0.25, 0.3) is 0 Å². The molecule has 1 aliphatic heterocycles. The van der Waals surface area contributed by atoms with Crippen LogP contribution < -0.4 is 10.9 Å². The van der Waals surface area contributed by atoms with Crippen LogP contribution in [-0.2, 0) is 6.54 Å². The summed E-state index contributed by atoms with van der Waals surface area (Å²) < 4.78 is 1.79. The summed E-state index contributed by atoms with van der Waals surface area (Å²) in [6.07, 6.45) is 1.87. The second-order valence-corrected chi connectivity index (χ2v) is 5.83. The highest BCUT2D eigenvalue weighted by atomic mass is 16.1. The summed E-state index contributed by atoms with van der Waals surface area (Å²) in [7, 11) is 0. The highest BCUT2D eigenvalue weighted by Crippen LogP contribution is 2.12. The molecule has 0 spiro atoms. The van der Waals surface area contributed by atoms with E-state index in [9.17, 15) is 4.79 Å². The van der Waals surface area contributed by atoms with E-state index in [1.54, 1.807) is 16.7 Å². The molecule has 1 fully saturated rings. The third-order valence-corrected chi connectivity index (χ3v) is 4.06. The summed E-state index contributed by atoms with van der Waals surface area (Å²) in [5.74, 6) is 0.648. The summed E-state index contributed by atoms with van der Waals surface area (Å²) in [4.78, 5) is 14.2. The van der Waals surface area contributed by atoms with E-state index in [-0.39, 0.29) is 5.56 Å². The number of nitrogens with one attached hydrogen (secondary N) is 1. The summed E-state index contributed by atoms with van der Waals surface area (Å²) in [5, 5.41) is 3.60. The molecule has 1 N–H and O–H groups in total. The second-order valence-electron chi connectivity index (χ2n) is 5.83. The zero-order valence-electron chi connectivity index (χ0n) is 12.2. The van der Waals surface area contributed by atoms with Crippen LogP contribution in [0.1, 0.15) is 20.8 Å². The SMILES string of the molecule is CC(C)C1CN(CCn2ccccc2=O)C(C)CN1. The zero-order chi connectivity index (χ0) is 13.8. The number of pyridine rings is 1. The number of piperazine rings is 1. The zero-order valence-corrected chi connectivity index (χ0v) is 12.2. The van der Waals surface area contributed by atoms with Crippen molar-refractivity contribution >= 4 is 0 Å². The van der Waals surface area contributed by atoms with E-state index in [2.05, 4.69) is 31.0 Å². The van der Waals surface area contributed by atoms with Crippen LogP contribution >= 0.6 is 0 Å². The first-order valence-corrected chi connectivity index (χ1v) is 7.21. The fourth-order valence-electron chi connectivity index (χ4n) is 2.59. The third-order valence-electron chi connectivity index (χ3n) is 4.06. The molecular formula is C15H25N3O. The number of rotatable bonds is 4. The van der Waals surface area contributed by atoms with Crippen molar-refractivity contribution in [3.8, 4) is 0 Å². The van der Waals surface area contributed by atoms with Gasteiger partial charge >= 0.3 is 0 Å². The van der Waals surface area contributed by atoms with Gasteiger partial charge in [0.15, 0.2) is 0 Å². The van der Waals surface area contributed by atoms with Gasteiger partial charge in [0.1, 0.15) is 0 Å². The van der Waals surface area contributed by atoms with Gasteiger partial charge in [0.2, 0.25) is 0 Å². The Hall–Kier alpha value is -1.13. The number of aromatic nitrogens is 1. The molecule has 4 nitrogen and oxygen atoms in total. The highest BCUT2D eigenvalue weighted by Gasteiger charge is 2.26. The smallest absolute Gasteiger partial charge is 0.250 e. The van der Waals surface area contributed by atoms with Gasteiger partial charge in [-0.05, 0) is 18.9 Å². The fourth-order valence-corrected chi connectivity index (χ4v) is 2.59. The van der Waals surface area contributed by atoms with Crippen LogP contribution in [0.5, 0.6) is 0 Å². The molecule has 0 aliphatic carbocycles. The number of hydrogen-bond acceptors (Lipinski definition) is 3. The minimum atomic E-state index is 0.0886. The first-order valence-electron chi connectivity index (χ1n) is 7.21. The van der Waals surface area contributed by atoms with Crippen LogP contribution in [0.15, 0.2) is 29.2 Å². The Balaban J connectivity index is 1.94. The minimum Gasteiger partial charge on any atom is -0.314 e. The lowest BCUT2D eigenvalue weighted by molar-refractivity contribution is 0.119. The Bertz CT molecular complexity index is 455. The molecule has 1 aromatic heterocycles. The van der Waals surface area contributed by atoms with Gasteiger partial charge in [0.05, 0.1) is 0 Å². The molecule has 19 heavy (non-hydrogen) atoms. The van der Waals surface area contributed by atoms with Crippen molar-refractivity contribution in [2.24, 2.45) is 5.92 Å². The molecule has 2 heterocycles. The Labute approximate surface area is 115 Å². The van der Waals surface area contributed by atoms with Gasteiger partial charge in [-0.25, -0.2) is 0 Å². The van der Waals surface area contributed by atoms with Crippen LogP contribution in [0.4, 0.5) is 0 Å². The summed E-state index contributed by atoms with van der Waals surface area (Å²) in [5.41, 5.74) is 0.0886. The number of nitrogens with zero attached hydrogens (tertiary/aromatic N) is 2. The first kappa shape index (κ1) is 14.3. The standard InChI is InChI=1S/C15H25N3O/c1-12(2)14-11-18(13(3)10-16-14)9-8-17-7-5-4-6-15(17)19/h4-7,12-14,16H,8-11H2,1-3H3. The van der Waals surface area contributed by atoms with Crippen molar-refractivity contribution in [3.63, 3.8) is 0 Å². The molecule has 1 aliphatic rings. The Kier molecular flexibility index (Phi) is 4.77. The predicted octanol–water partition coefficient (Wildman–Crippen LogP) is 1.17. The summed E-state index contributed by atoms with van der Waals surface area (Å²) in [6.45, 7) is 10.6. The van der Waals surface area contributed by atoms with Crippen molar-refractivity contribution in [1.82, 2.24) is 14.8 Å². The van der Waals surface area contributed by atoms with Gasteiger partial charge in [0.25, 0.3) is 5.56 Å². The van der Waals surface area contributed by atoms with Crippen molar-refractivity contribution < 1.29 is 0 Å². The van der Waals surface area contributed by atoms with E-state index in [0.717, 1.165) is 26.2 Å². The van der Waals surface area contributed by atoms with E-state index < -0.39 is 0 Å². The lowest BCUT2D eigenvalue weighted by Gasteiger charge is -2.40. The second kappa shape index (κ2) is 6.35. The van der Waals surface area contributed by atoms with E-state index >= 15 is 0 Å². The average Bonchev–Trinajstić information content (AvgIpc) is 2.39. The normalized spacial score (nSPS) is 24.8. The maximum absolute atomic E-state index is 11.7. The Morgan fingerprint density at radius 2 is 2.16 bits per heavy atom. The van der Waals surface area contributed by atoms with Crippen molar-refractivity contribution in [2.75, 3.05) is 19.6 Å². The lowest BCUT2D eigenvalue weighted by Crippen LogP contribution is -2.57. The maximum atomic E-state index is 11.7. The Morgan fingerprint density at radius 3 is 2.84 bits per heavy atom. The molecule has 1 aromatic rings. The minimum absolute atomic E-state index is 0.0886. The van der Waals surface area contributed by atoms with Gasteiger partial charge in [-0.1, -0.05) is 19.9 Å². The molecule has 4 heteroatoms. The third kappa shape index (κ3) is 3.67. The van der Waals surface area contributed by atoms with Crippen LogP contribution in [-0.4, -0.2) is 41.2 Å². The van der Waals surface area contributed by atoms with E-state index in [4.69, 9.17) is 0 Å². The van der Waals surface area contributed by atoms with Gasteiger partial charge < -0.3 is 9.88 Å². The van der Waals surface area contributed by atoms with E-state index in [0.29, 0.717) is 18.0 Å². The van der Waals surface area contributed by atoms with Crippen molar-refractivity contribution in [1.29, 1.82) is 0 Å². The van der Waals surface area contributed by atoms with Gasteiger partial charge in [-0.3, -0.25) is 9.69 Å². The van der Waals surface area contributed by atoms with Gasteiger partial charge in [-0.2, -0.15) is 0 Å². The highest BCUT2D eigenvalue weighted by molar-refractivity contribution is 4.93. The van der Waals surface area contributed by atoms with Gasteiger partial charge in [-0.15, -0.1) is 0 Å². The molecule has 2 unspecified atom stereocenters. The number of hydrogen-bond donors (Lipinski definition) is 1. The molecule has 0 aromatic carbocycles. The van der Waals surface area contributed by atoms with Crippen LogP contribution in [0.3, 0.4) is 0 Å². The monoisotopic (exact) mass is 263 g/mol. The van der Waals surface area contributed by atoms with E-state index in [1.807, 2.05) is 12.3 Å². The maximum Gasteiger partial charge on any atom is 0.250 e. The molecule has 0 bridgehead atoms. The molecule has 0 amide bonds. The molecule has 0 saturated carbocycles. The average molecular weight is 263 g/mol. The lowest BCUT2D eigenvalue weighted by atomic mass is 10.00. The van der Waals surface area contributed by atoms with Gasteiger partial charge in [0, 0.05) is 50.5 Å².